The number of piperidine rings is 1. The molecule has 0 aromatic heterocycles. The van der Waals surface area contributed by atoms with Crippen LogP contribution in [0.2, 0.25) is 0 Å². The average Bonchev–Trinajstić information content (AvgIpc) is 3.25. The number of hydrogen-bond acceptors (Lipinski definition) is 5. The molecule has 2 heterocycles. The summed E-state index contributed by atoms with van der Waals surface area (Å²) in [5.41, 5.74) is 6.79. The predicted molar refractivity (Wildman–Crippen MR) is 112 cm³/mol. The van der Waals surface area contributed by atoms with Crippen molar-refractivity contribution in [2.24, 2.45) is 5.73 Å². The van der Waals surface area contributed by atoms with Crippen molar-refractivity contribution in [3.05, 3.63) is 35.9 Å². The lowest BCUT2D eigenvalue weighted by Gasteiger charge is -2.43. The van der Waals surface area contributed by atoms with Crippen LogP contribution in [-0.2, 0) is 20.9 Å². The van der Waals surface area contributed by atoms with E-state index in [4.69, 9.17) is 10.5 Å². The van der Waals surface area contributed by atoms with Crippen LogP contribution in [0.1, 0.15) is 38.2 Å². The number of carbonyl (C=O) groups excluding carboxylic acids is 2. The monoisotopic (exact) mass is 402 g/mol. The van der Waals surface area contributed by atoms with E-state index in [0.717, 1.165) is 39.0 Å². The standard InChI is InChI=1S/C22H34N4O3/c1-17(27)26-12-9-19(14-21(26)22(28)24-11-10-23)25(16-20-8-5-13-29-20)15-18-6-3-2-4-7-18/h2-4,6-7,19-21H,5,8-16,23H2,1H3,(H,24,28)/t19?,20?,21-/m1/s1. The fraction of sp³-hybridized carbons (Fsp3) is 0.636. The molecule has 3 rings (SSSR count). The van der Waals surface area contributed by atoms with Gasteiger partial charge < -0.3 is 20.7 Å². The maximum Gasteiger partial charge on any atom is 0.242 e. The minimum absolute atomic E-state index is 0.0508. The van der Waals surface area contributed by atoms with Gasteiger partial charge in [0, 0.05) is 52.3 Å². The quantitative estimate of drug-likeness (QED) is 0.680. The normalized spacial score (nSPS) is 24.7. The highest BCUT2D eigenvalue weighted by molar-refractivity contribution is 5.87. The second-order valence-electron chi connectivity index (χ2n) is 8.04. The molecule has 0 aliphatic carbocycles. The number of amides is 2. The van der Waals surface area contributed by atoms with Crippen molar-refractivity contribution in [3.8, 4) is 0 Å². The number of nitrogens with zero attached hydrogens (tertiary/aromatic N) is 2. The SMILES string of the molecule is CC(=O)N1CCC(N(Cc2ccccc2)CC2CCCO2)C[C@@H]1C(=O)NCCN. The zero-order chi connectivity index (χ0) is 20.6. The van der Waals surface area contributed by atoms with Crippen LogP contribution in [0, 0.1) is 0 Å². The van der Waals surface area contributed by atoms with E-state index >= 15 is 0 Å². The molecule has 3 atom stereocenters. The molecular formula is C22H34N4O3. The number of likely N-dealkylation sites (tertiary alicyclic amines) is 1. The molecule has 2 amide bonds. The van der Waals surface area contributed by atoms with E-state index in [-0.39, 0.29) is 24.0 Å². The summed E-state index contributed by atoms with van der Waals surface area (Å²) >= 11 is 0. The van der Waals surface area contributed by atoms with Crippen molar-refractivity contribution in [1.82, 2.24) is 15.1 Å². The van der Waals surface area contributed by atoms with E-state index in [1.54, 1.807) is 4.90 Å². The largest absolute Gasteiger partial charge is 0.377 e. The molecule has 160 valence electrons. The third-order valence-electron chi connectivity index (χ3n) is 5.93. The molecule has 2 aliphatic rings. The molecule has 2 aliphatic heterocycles. The number of nitrogens with one attached hydrogen (secondary N) is 1. The van der Waals surface area contributed by atoms with Gasteiger partial charge in [0.25, 0.3) is 0 Å². The van der Waals surface area contributed by atoms with Crippen LogP contribution in [0.4, 0.5) is 0 Å². The number of nitrogens with two attached hydrogens (primary N) is 1. The highest BCUT2D eigenvalue weighted by Gasteiger charge is 2.37. The predicted octanol–water partition coefficient (Wildman–Crippen LogP) is 1.12. The van der Waals surface area contributed by atoms with E-state index < -0.39 is 6.04 Å². The van der Waals surface area contributed by atoms with E-state index in [9.17, 15) is 9.59 Å². The smallest absolute Gasteiger partial charge is 0.242 e. The number of benzene rings is 1. The first-order chi connectivity index (χ1) is 14.1. The van der Waals surface area contributed by atoms with Gasteiger partial charge in [-0.1, -0.05) is 30.3 Å². The third kappa shape index (κ3) is 6.01. The lowest BCUT2D eigenvalue weighted by molar-refractivity contribution is -0.142. The fourth-order valence-corrected chi connectivity index (χ4v) is 4.43. The van der Waals surface area contributed by atoms with Crippen molar-refractivity contribution in [3.63, 3.8) is 0 Å². The topological polar surface area (TPSA) is 87.9 Å². The minimum atomic E-state index is -0.444. The Morgan fingerprint density at radius 2 is 2.07 bits per heavy atom. The molecule has 0 spiro atoms. The fourth-order valence-electron chi connectivity index (χ4n) is 4.43. The second-order valence-corrected chi connectivity index (χ2v) is 8.04. The highest BCUT2D eigenvalue weighted by atomic mass is 16.5. The maximum atomic E-state index is 12.7. The minimum Gasteiger partial charge on any atom is -0.377 e. The molecule has 1 aromatic carbocycles. The Morgan fingerprint density at radius 3 is 2.72 bits per heavy atom. The molecule has 1 aromatic rings. The van der Waals surface area contributed by atoms with E-state index in [1.807, 2.05) is 6.07 Å². The van der Waals surface area contributed by atoms with Gasteiger partial charge in [0.2, 0.25) is 11.8 Å². The summed E-state index contributed by atoms with van der Waals surface area (Å²) in [6.07, 6.45) is 3.93. The molecule has 2 unspecified atom stereocenters. The van der Waals surface area contributed by atoms with Crippen LogP contribution >= 0.6 is 0 Å². The number of hydrogen-bond donors (Lipinski definition) is 2. The van der Waals surface area contributed by atoms with Gasteiger partial charge in [0.15, 0.2) is 0 Å². The number of carbonyl (C=O) groups is 2. The zero-order valence-electron chi connectivity index (χ0n) is 17.4. The van der Waals surface area contributed by atoms with Gasteiger partial charge in [-0.15, -0.1) is 0 Å². The molecule has 29 heavy (non-hydrogen) atoms. The van der Waals surface area contributed by atoms with Crippen LogP contribution in [-0.4, -0.2) is 72.6 Å². The lowest BCUT2D eigenvalue weighted by atomic mass is 9.94. The van der Waals surface area contributed by atoms with Crippen molar-refractivity contribution in [1.29, 1.82) is 0 Å². The summed E-state index contributed by atoms with van der Waals surface area (Å²) in [5.74, 6) is -0.155. The summed E-state index contributed by atoms with van der Waals surface area (Å²) in [5, 5.41) is 2.87. The van der Waals surface area contributed by atoms with Gasteiger partial charge in [-0.05, 0) is 31.2 Å². The first-order valence-corrected chi connectivity index (χ1v) is 10.7. The van der Waals surface area contributed by atoms with E-state index in [2.05, 4.69) is 34.5 Å². The molecule has 0 bridgehead atoms. The van der Waals surface area contributed by atoms with Crippen LogP contribution in [0.3, 0.4) is 0 Å². The lowest BCUT2D eigenvalue weighted by Crippen LogP contribution is -2.57. The Bertz CT molecular complexity index is 663. The van der Waals surface area contributed by atoms with Crippen LogP contribution in [0.5, 0.6) is 0 Å². The third-order valence-corrected chi connectivity index (χ3v) is 5.93. The Kier molecular flexibility index (Phi) is 8.03. The zero-order valence-corrected chi connectivity index (χ0v) is 17.4. The highest BCUT2D eigenvalue weighted by Crippen LogP contribution is 2.26. The summed E-state index contributed by atoms with van der Waals surface area (Å²) in [7, 11) is 0. The molecule has 0 saturated carbocycles. The molecule has 0 radical (unpaired) electrons. The average molecular weight is 403 g/mol. The Balaban J connectivity index is 1.74. The van der Waals surface area contributed by atoms with Gasteiger partial charge in [-0.3, -0.25) is 14.5 Å². The van der Waals surface area contributed by atoms with Crippen LogP contribution in [0.15, 0.2) is 30.3 Å². The van der Waals surface area contributed by atoms with Crippen molar-refractivity contribution in [2.75, 3.05) is 32.8 Å². The summed E-state index contributed by atoms with van der Waals surface area (Å²) in [6.45, 7) is 5.46. The Morgan fingerprint density at radius 1 is 1.28 bits per heavy atom. The van der Waals surface area contributed by atoms with Crippen molar-refractivity contribution in [2.45, 2.75) is 57.3 Å². The second kappa shape index (κ2) is 10.7. The van der Waals surface area contributed by atoms with Crippen LogP contribution in [0.25, 0.3) is 0 Å². The van der Waals surface area contributed by atoms with Crippen molar-refractivity contribution < 1.29 is 14.3 Å². The number of rotatable bonds is 8. The molecule has 2 fully saturated rings. The molecule has 3 N–H and O–H groups in total. The van der Waals surface area contributed by atoms with Crippen molar-refractivity contribution >= 4 is 11.8 Å². The summed E-state index contributed by atoms with van der Waals surface area (Å²) in [6, 6.07) is 10.2. The van der Waals surface area contributed by atoms with E-state index in [1.165, 1.54) is 12.5 Å². The summed E-state index contributed by atoms with van der Waals surface area (Å²) < 4.78 is 5.90. The first-order valence-electron chi connectivity index (χ1n) is 10.7. The van der Waals surface area contributed by atoms with Gasteiger partial charge in [0.1, 0.15) is 6.04 Å². The van der Waals surface area contributed by atoms with E-state index in [0.29, 0.717) is 26.1 Å². The number of ether oxygens (including phenoxy) is 1. The Labute approximate surface area is 173 Å². The molecule has 7 nitrogen and oxygen atoms in total. The summed E-state index contributed by atoms with van der Waals surface area (Å²) in [4.78, 5) is 29.0. The first kappa shape index (κ1) is 21.7. The van der Waals surface area contributed by atoms with Gasteiger partial charge >= 0.3 is 0 Å². The van der Waals surface area contributed by atoms with Gasteiger partial charge in [-0.25, -0.2) is 0 Å². The molecule has 2 saturated heterocycles. The van der Waals surface area contributed by atoms with Gasteiger partial charge in [0.05, 0.1) is 6.10 Å². The molecule has 7 heteroatoms. The van der Waals surface area contributed by atoms with Gasteiger partial charge in [-0.2, -0.15) is 0 Å². The maximum absolute atomic E-state index is 12.7. The Hall–Kier alpha value is -1.96. The molecular weight excluding hydrogens is 368 g/mol. The van der Waals surface area contributed by atoms with Crippen LogP contribution < -0.4 is 11.1 Å².